The van der Waals surface area contributed by atoms with Gasteiger partial charge in [0.1, 0.15) is 0 Å². The summed E-state index contributed by atoms with van der Waals surface area (Å²) in [5.41, 5.74) is 2.73. The molecule has 0 atom stereocenters. The Bertz CT molecular complexity index is 1030. The minimum Gasteiger partial charge on any atom is -0.339 e. The van der Waals surface area contributed by atoms with Crippen molar-refractivity contribution >= 4 is 35.0 Å². The highest BCUT2D eigenvalue weighted by Crippen LogP contribution is 2.18. The first kappa shape index (κ1) is 28.3. The monoisotopic (exact) mass is 532 g/mol. The summed E-state index contributed by atoms with van der Waals surface area (Å²) in [6, 6.07) is 14.2. The molecule has 2 aromatic carbocycles. The number of nitrogens with zero attached hydrogens (tertiary/aromatic N) is 2. The van der Waals surface area contributed by atoms with Crippen LogP contribution in [0.1, 0.15) is 91.3 Å². The fraction of sp³-hybridized carbons (Fsp3) is 0.484. The van der Waals surface area contributed by atoms with Crippen LogP contribution in [0.4, 0.5) is 11.4 Å². The van der Waals surface area contributed by atoms with Crippen molar-refractivity contribution in [3.05, 3.63) is 59.7 Å². The fourth-order valence-electron chi connectivity index (χ4n) is 5.15. The van der Waals surface area contributed by atoms with Crippen LogP contribution in [0.15, 0.2) is 48.5 Å². The molecule has 2 heterocycles. The molecule has 0 unspecified atom stereocenters. The number of rotatable bonds is 12. The SMILES string of the molecule is O=C(CCCCCCCC(=O)Nc1ccc(C(=O)N2CCCC2)cc1)Nc1ccc(C(=O)N2CCCC2)cc1. The standard InChI is InChI=1S/C31H40N4O4/c36-28(32-26-16-12-24(13-17-26)30(38)34-20-6-7-21-34)10-4-2-1-3-5-11-29(37)33-27-18-14-25(15-19-27)31(39)35-22-8-9-23-35/h12-19H,1-11,20-23H2,(H,32,36)(H,33,37). The maximum atomic E-state index is 12.4. The van der Waals surface area contributed by atoms with Crippen molar-refractivity contribution in [3.8, 4) is 0 Å². The van der Waals surface area contributed by atoms with Crippen LogP contribution in [0.25, 0.3) is 0 Å². The van der Waals surface area contributed by atoms with Crippen LogP contribution in [0.5, 0.6) is 0 Å². The number of unbranched alkanes of at least 4 members (excludes halogenated alkanes) is 4. The number of likely N-dealkylation sites (tertiary alicyclic amines) is 2. The summed E-state index contributed by atoms with van der Waals surface area (Å²) in [6.45, 7) is 3.29. The van der Waals surface area contributed by atoms with Gasteiger partial charge in [0.25, 0.3) is 11.8 Å². The van der Waals surface area contributed by atoms with Gasteiger partial charge in [-0.1, -0.05) is 19.3 Å². The molecule has 4 rings (SSSR count). The van der Waals surface area contributed by atoms with Gasteiger partial charge in [-0.2, -0.15) is 0 Å². The summed E-state index contributed by atoms with van der Waals surface area (Å²) < 4.78 is 0. The number of hydrogen-bond donors (Lipinski definition) is 2. The lowest BCUT2D eigenvalue weighted by Gasteiger charge is -2.15. The van der Waals surface area contributed by atoms with Crippen molar-refractivity contribution in [2.75, 3.05) is 36.8 Å². The Morgan fingerprint density at radius 2 is 0.846 bits per heavy atom. The molecule has 0 aliphatic carbocycles. The molecule has 0 bridgehead atoms. The zero-order chi connectivity index (χ0) is 27.5. The smallest absolute Gasteiger partial charge is 0.253 e. The Labute approximate surface area is 231 Å². The molecule has 0 aromatic heterocycles. The van der Waals surface area contributed by atoms with Gasteiger partial charge in [-0.3, -0.25) is 19.2 Å². The second-order valence-electron chi connectivity index (χ2n) is 10.5. The third kappa shape index (κ3) is 8.67. The lowest BCUT2D eigenvalue weighted by Crippen LogP contribution is -2.27. The number of carbonyl (C=O) groups excluding carboxylic acids is 4. The van der Waals surface area contributed by atoms with Gasteiger partial charge in [0.2, 0.25) is 11.8 Å². The number of nitrogens with one attached hydrogen (secondary N) is 2. The van der Waals surface area contributed by atoms with Crippen LogP contribution in [0.3, 0.4) is 0 Å². The quantitative estimate of drug-likeness (QED) is 0.354. The molecule has 2 N–H and O–H groups in total. The molecule has 2 saturated heterocycles. The Morgan fingerprint density at radius 3 is 1.21 bits per heavy atom. The van der Waals surface area contributed by atoms with Gasteiger partial charge in [-0.25, -0.2) is 0 Å². The number of hydrogen-bond acceptors (Lipinski definition) is 4. The minimum atomic E-state index is -0.0267. The average Bonchev–Trinajstić information content (AvgIpc) is 3.68. The summed E-state index contributed by atoms with van der Waals surface area (Å²) in [5, 5.41) is 5.81. The number of benzene rings is 2. The molecular formula is C31H40N4O4. The first-order chi connectivity index (χ1) is 19.0. The van der Waals surface area contributed by atoms with Gasteiger partial charge in [0.05, 0.1) is 0 Å². The van der Waals surface area contributed by atoms with E-state index in [2.05, 4.69) is 10.6 Å². The normalized spacial score (nSPS) is 14.9. The van der Waals surface area contributed by atoms with E-state index >= 15 is 0 Å². The lowest BCUT2D eigenvalue weighted by molar-refractivity contribution is -0.117. The highest BCUT2D eigenvalue weighted by atomic mass is 16.2. The summed E-state index contributed by atoms with van der Waals surface area (Å²) >= 11 is 0. The van der Waals surface area contributed by atoms with E-state index in [1.165, 1.54) is 0 Å². The zero-order valence-corrected chi connectivity index (χ0v) is 22.8. The minimum absolute atomic E-state index is 0.0267. The van der Waals surface area contributed by atoms with Gasteiger partial charge in [-0.15, -0.1) is 0 Å². The number of carbonyl (C=O) groups is 4. The van der Waals surface area contributed by atoms with E-state index in [0.29, 0.717) is 35.3 Å². The van der Waals surface area contributed by atoms with Gasteiger partial charge in [0.15, 0.2) is 0 Å². The maximum Gasteiger partial charge on any atom is 0.253 e. The Hall–Kier alpha value is -3.68. The van der Waals surface area contributed by atoms with Crippen LogP contribution in [-0.2, 0) is 9.59 Å². The van der Waals surface area contributed by atoms with E-state index < -0.39 is 0 Å². The van der Waals surface area contributed by atoms with Crippen LogP contribution < -0.4 is 10.6 Å². The second-order valence-corrected chi connectivity index (χ2v) is 10.5. The first-order valence-electron chi connectivity index (χ1n) is 14.4. The Kier molecular flexibility index (Phi) is 10.5. The van der Waals surface area contributed by atoms with Gasteiger partial charge >= 0.3 is 0 Å². The van der Waals surface area contributed by atoms with E-state index in [4.69, 9.17) is 0 Å². The van der Waals surface area contributed by atoms with Crippen LogP contribution in [-0.4, -0.2) is 59.6 Å². The van der Waals surface area contributed by atoms with E-state index in [1.54, 1.807) is 48.5 Å². The second kappa shape index (κ2) is 14.5. The van der Waals surface area contributed by atoms with Crippen LogP contribution in [0, 0.1) is 0 Å². The van der Waals surface area contributed by atoms with Crippen molar-refractivity contribution in [1.82, 2.24) is 9.80 Å². The molecule has 2 aromatic rings. The van der Waals surface area contributed by atoms with Crippen LogP contribution in [0.2, 0.25) is 0 Å². The summed E-state index contributed by atoms with van der Waals surface area (Å²) in [4.78, 5) is 53.1. The van der Waals surface area contributed by atoms with Gasteiger partial charge in [-0.05, 0) is 87.1 Å². The van der Waals surface area contributed by atoms with Crippen molar-refractivity contribution < 1.29 is 19.2 Å². The van der Waals surface area contributed by atoms with E-state index in [0.717, 1.165) is 84.0 Å². The van der Waals surface area contributed by atoms with Crippen molar-refractivity contribution in [2.24, 2.45) is 0 Å². The highest BCUT2D eigenvalue weighted by Gasteiger charge is 2.20. The average molecular weight is 533 g/mol. The molecule has 208 valence electrons. The molecule has 2 aliphatic rings. The third-order valence-corrected chi connectivity index (χ3v) is 7.43. The predicted molar refractivity (Wildman–Crippen MR) is 153 cm³/mol. The fourth-order valence-corrected chi connectivity index (χ4v) is 5.15. The van der Waals surface area contributed by atoms with Gasteiger partial charge < -0.3 is 20.4 Å². The Morgan fingerprint density at radius 1 is 0.513 bits per heavy atom. The topological polar surface area (TPSA) is 98.8 Å². The highest BCUT2D eigenvalue weighted by molar-refractivity contribution is 5.96. The van der Waals surface area contributed by atoms with Gasteiger partial charge in [0, 0.05) is 61.5 Å². The van der Waals surface area contributed by atoms with Crippen molar-refractivity contribution in [3.63, 3.8) is 0 Å². The number of anilines is 2. The molecule has 0 spiro atoms. The largest absolute Gasteiger partial charge is 0.339 e. The Balaban J connectivity index is 1.04. The van der Waals surface area contributed by atoms with E-state index in [9.17, 15) is 19.2 Å². The van der Waals surface area contributed by atoms with Crippen LogP contribution >= 0.6 is 0 Å². The zero-order valence-electron chi connectivity index (χ0n) is 22.8. The first-order valence-corrected chi connectivity index (χ1v) is 14.4. The predicted octanol–water partition coefficient (Wildman–Crippen LogP) is 5.47. The summed E-state index contributed by atoms with van der Waals surface area (Å²) in [6.07, 6.45) is 9.59. The van der Waals surface area contributed by atoms with E-state index in [-0.39, 0.29) is 23.6 Å². The molecule has 2 aliphatic heterocycles. The lowest BCUT2D eigenvalue weighted by atomic mass is 10.1. The molecule has 8 heteroatoms. The summed E-state index contributed by atoms with van der Waals surface area (Å²) in [5.74, 6) is 0.0623. The van der Waals surface area contributed by atoms with E-state index in [1.807, 2.05) is 9.80 Å². The molecule has 8 nitrogen and oxygen atoms in total. The third-order valence-electron chi connectivity index (χ3n) is 7.43. The van der Waals surface area contributed by atoms with Crippen molar-refractivity contribution in [1.29, 1.82) is 0 Å². The molecule has 39 heavy (non-hydrogen) atoms. The molecule has 0 radical (unpaired) electrons. The van der Waals surface area contributed by atoms with Crippen molar-refractivity contribution in [2.45, 2.75) is 70.6 Å². The summed E-state index contributed by atoms with van der Waals surface area (Å²) in [7, 11) is 0. The maximum absolute atomic E-state index is 12.4. The molecule has 0 saturated carbocycles. The number of amides is 4. The molecule has 2 fully saturated rings. The molecule has 4 amide bonds. The molecular weight excluding hydrogens is 492 g/mol.